The van der Waals surface area contributed by atoms with Crippen molar-refractivity contribution < 1.29 is 29.3 Å². The highest BCUT2D eigenvalue weighted by molar-refractivity contribution is 6.10. The van der Waals surface area contributed by atoms with E-state index in [-0.39, 0.29) is 16.4 Å². The highest BCUT2D eigenvalue weighted by Crippen LogP contribution is 2.47. The molecule has 0 aromatic heterocycles. The number of rotatable bonds is 5. The molecule has 6 nitrogen and oxygen atoms in total. The van der Waals surface area contributed by atoms with Crippen LogP contribution >= 0.6 is 0 Å². The summed E-state index contributed by atoms with van der Waals surface area (Å²) in [5, 5.41) is 19.2. The molecule has 2 aromatic rings. The highest BCUT2D eigenvalue weighted by atomic mass is 16.5. The number of aryl methyl sites for hydroxylation is 1. The molecule has 3 rings (SSSR count). The first-order valence-corrected chi connectivity index (χ1v) is 10.8. The average molecular weight is 451 g/mol. The number of ether oxygens (including phenoxy) is 1. The molecule has 0 amide bonds. The van der Waals surface area contributed by atoms with E-state index in [0.29, 0.717) is 11.1 Å². The summed E-state index contributed by atoms with van der Waals surface area (Å²) in [7, 11) is 1.12. The minimum Gasteiger partial charge on any atom is -0.478 e. The topological polar surface area (TPSA) is 101 Å². The van der Waals surface area contributed by atoms with Gasteiger partial charge in [-0.1, -0.05) is 46.4 Å². The molecule has 1 aliphatic rings. The van der Waals surface area contributed by atoms with Crippen LogP contribution in [0.15, 0.2) is 30.8 Å². The minimum absolute atomic E-state index is 0.0349. The van der Waals surface area contributed by atoms with Gasteiger partial charge in [0, 0.05) is 0 Å². The third kappa shape index (κ3) is 4.17. The molecular weight excluding hydrogens is 420 g/mol. The number of carboxylic acid groups (broad SMARTS) is 2. The van der Waals surface area contributed by atoms with Crippen molar-refractivity contribution >= 4 is 23.5 Å². The van der Waals surface area contributed by atoms with Crippen LogP contribution in [0.2, 0.25) is 0 Å². The molecule has 0 aliphatic heterocycles. The zero-order valence-electron chi connectivity index (χ0n) is 20.0. The third-order valence-electron chi connectivity index (χ3n) is 6.86. The summed E-state index contributed by atoms with van der Waals surface area (Å²) < 4.78 is 4.73. The van der Waals surface area contributed by atoms with Crippen molar-refractivity contribution in [2.45, 2.75) is 58.3 Å². The number of benzene rings is 2. The fourth-order valence-corrected chi connectivity index (χ4v) is 4.69. The largest absolute Gasteiger partial charge is 0.478 e. The third-order valence-corrected chi connectivity index (χ3v) is 6.86. The lowest BCUT2D eigenvalue weighted by Crippen LogP contribution is -2.34. The zero-order valence-corrected chi connectivity index (χ0v) is 20.0. The molecule has 0 fully saturated rings. The fourth-order valence-electron chi connectivity index (χ4n) is 4.69. The van der Waals surface area contributed by atoms with Gasteiger partial charge in [-0.05, 0) is 76.1 Å². The Morgan fingerprint density at radius 1 is 0.848 bits per heavy atom. The van der Waals surface area contributed by atoms with Gasteiger partial charge in [0.15, 0.2) is 0 Å². The van der Waals surface area contributed by atoms with E-state index in [2.05, 4.69) is 46.4 Å². The molecule has 6 heteroatoms. The van der Waals surface area contributed by atoms with E-state index in [1.54, 1.807) is 0 Å². The van der Waals surface area contributed by atoms with E-state index < -0.39 is 29.0 Å². The molecular formula is C27H30O6. The van der Waals surface area contributed by atoms with Crippen molar-refractivity contribution in [3.8, 4) is 0 Å². The van der Waals surface area contributed by atoms with Crippen LogP contribution in [0.1, 0.15) is 99.4 Å². The Morgan fingerprint density at radius 3 is 1.85 bits per heavy atom. The van der Waals surface area contributed by atoms with Gasteiger partial charge in [-0.2, -0.15) is 0 Å². The number of esters is 1. The molecule has 0 radical (unpaired) electrons. The van der Waals surface area contributed by atoms with Gasteiger partial charge in [-0.15, -0.1) is 0 Å². The first-order valence-electron chi connectivity index (χ1n) is 10.8. The highest BCUT2D eigenvalue weighted by Gasteiger charge is 2.37. The summed E-state index contributed by atoms with van der Waals surface area (Å²) in [6, 6.07) is 6.88. The van der Waals surface area contributed by atoms with Gasteiger partial charge in [-0.25, -0.2) is 14.4 Å². The van der Waals surface area contributed by atoms with E-state index in [0.717, 1.165) is 31.1 Å². The number of carboxylic acids is 2. The molecule has 2 aromatic carbocycles. The van der Waals surface area contributed by atoms with Crippen molar-refractivity contribution in [2.24, 2.45) is 0 Å². The fraction of sp³-hybridized carbons (Fsp3) is 0.370. The van der Waals surface area contributed by atoms with Gasteiger partial charge >= 0.3 is 17.9 Å². The lowest BCUT2D eigenvalue weighted by Gasteiger charge is -2.42. The number of aromatic carboxylic acids is 2. The van der Waals surface area contributed by atoms with Gasteiger partial charge in [0.05, 0.1) is 23.8 Å². The van der Waals surface area contributed by atoms with Gasteiger partial charge in [0.2, 0.25) is 0 Å². The minimum atomic E-state index is -1.51. The Labute approximate surface area is 193 Å². The number of carbonyl (C=O) groups is 3. The van der Waals surface area contributed by atoms with Crippen LogP contribution < -0.4 is 0 Å². The second-order valence-corrected chi connectivity index (χ2v) is 10.0. The summed E-state index contributed by atoms with van der Waals surface area (Å²) in [6.07, 6.45) is 2.11. The van der Waals surface area contributed by atoms with Gasteiger partial charge in [-0.3, -0.25) is 0 Å². The maximum atomic E-state index is 12.3. The predicted octanol–water partition coefficient (Wildman–Crippen LogP) is 5.59. The maximum Gasteiger partial charge on any atom is 0.338 e. The van der Waals surface area contributed by atoms with E-state index in [4.69, 9.17) is 4.74 Å². The van der Waals surface area contributed by atoms with Crippen LogP contribution in [-0.2, 0) is 15.6 Å². The second-order valence-electron chi connectivity index (χ2n) is 10.0. The van der Waals surface area contributed by atoms with Crippen molar-refractivity contribution in [3.05, 3.63) is 75.4 Å². The smallest absolute Gasteiger partial charge is 0.338 e. The molecule has 174 valence electrons. The van der Waals surface area contributed by atoms with E-state index in [1.165, 1.54) is 23.3 Å². The molecule has 1 aliphatic carbocycles. The van der Waals surface area contributed by atoms with Crippen LogP contribution in [0.3, 0.4) is 0 Å². The van der Waals surface area contributed by atoms with E-state index in [9.17, 15) is 24.6 Å². The molecule has 0 atom stereocenters. The summed E-state index contributed by atoms with van der Waals surface area (Å²) in [4.78, 5) is 36.0. The van der Waals surface area contributed by atoms with E-state index >= 15 is 0 Å². The van der Waals surface area contributed by atoms with Crippen molar-refractivity contribution in [1.82, 2.24) is 0 Å². The van der Waals surface area contributed by atoms with E-state index in [1.807, 2.05) is 6.92 Å². The van der Waals surface area contributed by atoms with Gasteiger partial charge in [0.1, 0.15) is 0 Å². The maximum absolute atomic E-state index is 12.3. The molecule has 33 heavy (non-hydrogen) atoms. The Morgan fingerprint density at radius 2 is 1.36 bits per heavy atom. The molecule has 0 spiro atoms. The Kier molecular flexibility index (Phi) is 6.01. The number of fused-ring (bicyclic) bond motifs is 1. The quantitative estimate of drug-likeness (QED) is 0.576. The first kappa shape index (κ1) is 24.2. The van der Waals surface area contributed by atoms with Crippen LogP contribution in [0.4, 0.5) is 0 Å². The van der Waals surface area contributed by atoms with Crippen molar-refractivity contribution in [3.63, 3.8) is 0 Å². The number of carbonyl (C=O) groups excluding carboxylic acids is 1. The number of methoxy groups -OCH3 is 1. The lowest BCUT2D eigenvalue weighted by molar-refractivity contribution is 0.0580. The molecule has 2 N–H and O–H groups in total. The molecule has 0 heterocycles. The monoisotopic (exact) mass is 450 g/mol. The summed E-state index contributed by atoms with van der Waals surface area (Å²) >= 11 is 0. The van der Waals surface area contributed by atoms with Crippen molar-refractivity contribution in [2.75, 3.05) is 7.11 Å². The van der Waals surface area contributed by atoms with Crippen LogP contribution in [0.5, 0.6) is 0 Å². The van der Waals surface area contributed by atoms with Crippen LogP contribution in [-0.4, -0.2) is 35.2 Å². The number of hydrogen-bond acceptors (Lipinski definition) is 4. The summed E-state index contributed by atoms with van der Waals surface area (Å²) in [5.74, 6) is -3.88. The predicted molar refractivity (Wildman–Crippen MR) is 126 cm³/mol. The zero-order chi connectivity index (χ0) is 24.9. The summed E-state index contributed by atoms with van der Waals surface area (Å²) in [5.41, 5.74) is 3.76. The Balaban J connectivity index is 2.26. The van der Waals surface area contributed by atoms with Crippen LogP contribution in [0, 0.1) is 6.92 Å². The van der Waals surface area contributed by atoms with Crippen LogP contribution in [0.25, 0.3) is 5.57 Å². The second kappa shape index (κ2) is 8.18. The first-order chi connectivity index (χ1) is 15.2. The Hall–Kier alpha value is -3.41. The van der Waals surface area contributed by atoms with Crippen molar-refractivity contribution in [1.29, 1.82) is 0 Å². The summed E-state index contributed by atoms with van der Waals surface area (Å²) in [6.45, 7) is 15.1. The number of hydrogen-bond donors (Lipinski definition) is 2. The average Bonchev–Trinajstić information content (AvgIpc) is 2.74. The van der Waals surface area contributed by atoms with Gasteiger partial charge < -0.3 is 14.9 Å². The lowest BCUT2D eigenvalue weighted by atomic mass is 9.62. The molecule has 0 saturated heterocycles. The molecule has 0 unspecified atom stereocenters. The standard InChI is InChI=1S/C27H30O6/c1-14-10-20-21(27(5,6)9-8-26(20,3)4)13-17(14)15(2)16-11-18(23(28)29)22(24(30)31)19(12-16)25(32)33-7/h10-13H,2,8-9H2,1,3-7H3,(H,28,29)(H,30,31). The van der Waals surface area contributed by atoms with Gasteiger partial charge in [0.25, 0.3) is 0 Å². The Bertz CT molecular complexity index is 1200. The molecule has 0 bridgehead atoms. The molecule has 0 saturated carbocycles. The SMILES string of the molecule is C=C(c1cc(C(=O)O)c(C(=O)O)c(C(=O)OC)c1)c1cc2c(cc1C)C(C)(C)CCC2(C)C. The normalized spacial score (nSPS) is 15.9.